The number of fused-ring (bicyclic) bond motifs is 1. The van der Waals surface area contributed by atoms with Crippen LogP contribution in [0.5, 0.6) is 23.0 Å². The van der Waals surface area contributed by atoms with Crippen molar-refractivity contribution in [1.29, 1.82) is 0 Å². The normalized spacial score (nSPS) is 12.8. The average Bonchev–Trinajstić information content (AvgIpc) is 3.58. The van der Waals surface area contributed by atoms with Gasteiger partial charge in [0.05, 0.1) is 14.2 Å². The van der Waals surface area contributed by atoms with Gasteiger partial charge in [0.2, 0.25) is 24.5 Å². The molecular formula is C30H36N4O8. The number of aromatic nitrogens is 1. The van der Waals surface area contributed by atoms with E-state index in [4.69, 9.17) is 23.5 Å². The number of nitrogens with zero attached hydrogens (tertiary/aromatic N) is 2. The van der Waals surface area contributed by atoms with Gasteiger partial charge in [-0.15, -0.1) is 0 Å². The quantitative estimate of drug-likeness (QED) is 0.342. The number of carbonyl (C=O) groups is 3. The summed E-state index contributed by atoms with van der Waals surface area (Å²) in [6, 6.07) is 10.9. The Morgan fingerprint density at radius 3 is 2.45 bits per heavy atom. The monoisotopic (exact) mass is 580 g/mol. The first-order valence-electron chi connectivity index (χ1n) is 13.4. The van der Waals surface area contributed by atoms with Gasteiger partial charge in [-0.2, -0.15) is 0 Å². The van der Waals surface area contributed by atoms with Crippen molar-refractivity contribution in [3.63, 3.8) is 0 Å². The minimum Gasteiger partial charge on any atom is -0.493 e. The number of para-hydroxylation sites is 1. The van der Waals surface area contributed by atoms with Gasteiger partial charge in [-0.05, 0) is 51.5 Å². The van der Waals surface area contributed by atoms with Crippen LogP contribution in [0.4, 0.5) is 5.82 Å². The SMILES string of the molecule is COc1cccc([C@H](C(=O)NC(C)(C)C)N(Cc2ccc3c(c2)OCO3)C(=O)CCC(=O)Nc2cc(C)on2)c1OC. The fourth-order valence-electron chi connectivity index (χ4n) is 4.57. The Bertz CT molecular complexity index is 1450. The van der Waals surface area contributed by atoms with Gasteiger partial charge in [0.25, 0.3) is 0 Å². The van der Waals surface area contributed by atoms with Crippen molar-refractivity contribution in [2.45, 2.75) is 58.7 Å². The third kappa shape index (κ3) is 7.31. The molecule has 3 aromatic rings. The molecular weight excluding hydrogens is 544 g/mol. The van der Waals surface area contributed by atoms with E-state index in [0.29, 0.717) is 39.9 Å². The van der Waals surface area contributed by atoms with Crippen LogP contribution in [0, 0.1) is 6.92 Å². The van der Waals surface area contributed by atoms with Crippen LogP contribution in [0.25, 0.3) is 0 Å². The Labute approximate surface area is 244 Å². The predicted octanol–water partition coefficient (Wildman–Crippen LogP) is 4.13. The number of ether oxygens (including phenoxy) is 4. The van der Waals surface area contributed by atoms with Gasteiger partial charge in [-0.1, -0.05) is 23.4 Å². The molecule has 0 fully saturated rings. The number of amides is 3. The smallest absolute Gasteiger partial charge is 0.248 e. The molecule has 0 saturated carbocycles. The molecule has 0 unspecified atom stereocenters. The van der Waals surface area contributed by atoms with Crippen molar-refractivity contribution >= 4 is 23.5 Å². The number of carbonyl (C=O) groups excluding carboxylic acids is 3. The van der Waals surface area contributed by atoms with Crippen LogP contribution < -0.4 is 29.6 Å². The van der Waals surface area contributed by atoms with Crippen molar-refractivity contribution in [1.82, 2.24) is 15.4 Å². The molecule has 2 heterocycles. The van der Waals surface area contributed by atoms with Crippen molar-refractivity contribution in [2.75, 3.05) is 26.3 Å². The van der Waals surface area contributed by atoms with Gasteiger partial charge >= 0.3 is 0 Å². The molecule has 1 aliphatic rings. The first-order chi connectivity index (χ1) is 20.0. The topological polar surface area (TPSA) is 141 Å². The van der Waals surface area contributed by atoms with Gasteiger partial charge in [0.1, 0.15) is 11.8 Å². The van der Waals surface area contributed by atoms with E-state index in [1.807, 2.05) is 20.8 Å². The molecule has 1 aromatic heterocycles. The second-order valence-corrected chi connectivity index (χ2v) is 10.8. The lowest BCUT2D eigenvalue weighted by Crippen LogP contribution is -2.49. The van der Waals surface area contributed by atoms with Crippen molar-refractivity contribution in [3.05, 3.63) is 59.4 Å². The molecule has 12 nitrogen and oxygen atoms in total. The molecule has 12 heteroatoms. The summed E-state index contributed by atoms with van der Waals surface area (Å²) in [6.45, 7) is 7.39. The highest BCUT2D eigenvalue weighted by Crippen LogP contribution is 2.39. The minimum atomic E-state index is -1.13. The summed E-state index contributed by atoms with van der Waals surface area (Å²) in [5.41, 5.74) is 0.519. The lowest BCUT2D eigenvalue weighted by Gasteiger charge is -2.34. The number of hydrogen-bond acceptors (Lipinski definition) is 9. The summed E-state index contributed by atoms with van der Waals surface area (Å²) < 4.78 is 27.1. The molecule has 0 aliphatic carbocycles. The van der Waals surface area contributed by atoms with Crippen molar-refractivity contribution < 1.29 is 37.9 Å². The fraction of sp³-hybridized carbons (Fsp3) is 0.400. The van der Waals surface area contributed by atoms with E-state index in [0.717, 1.165) is 0 Å². The van der Waals surface area contributed by atoms with E-state index >= 15 is 0 Å². The Kier molecular flexibility index (Phi) is 9.24. The number of nitrogens with one attached hydrogen (secondary N) is 2. The first kappa shape index (κ1) is 30.2. The Morgan fingerprint density at radius 1 is 1.02 bits per heavy atom. The van der Waals surface area contributed by atoms with Gasteiger partial charge in [0.15, 0.2) is 28.8 Å². The van der Waals surface area contributed by atoms with Crippen LogP contribution in [0.3, 0.4) is 0 Å². The lowest BCUT2D eigenvalue weighted by atomic mass is 9.98. The van der Waals surface area contributed by atoms with Gasteiger partial charge in [-0.3, -0.25) is 14.4 Å². The number of aryl methyl sites for hydroxylation is 1. The number of anilines is 1. The molecule has 2 aromatic carbocycles. The van der Waals surface area contributed by atoms with Crippen LogP contribution in [0.15, 0.2) is 47.0 Å². The summed E-state index contributed by atoms with van der Waals surface area (Å²) in [5, 5.41) is 9.38. The predicted molar refractivity (Wildman–Crippen MR) is 152 cm³/mol. The van der Waals surface area contributed by atoms with Crippen LogP contribution >= 0.6 is 0 Å². The number of rotatable bonds is 11. The molecule has 0 bridgehead atoms. The Balaban J connectivity index is 1.71. The van der Waals surface area contributed by atoms with E-state index in [-0.39, 0.29) is 32.0 Å². The molecule has 2 N–H and O–H groups in total. The molecule has 0 saturated heterocycles. The van der Waals surface area contributed by atoms with Gasteiger partial charge in [-0.25, -0.2) is 0 Å². The fourth-order valence-corrected chi connectivity index (χ4v) is 4.57. The highest BCUT2D eigenvalue weighted by molar-refractivity contribution is 5.94. The molecule has 3 amide bonds. The lowest BCUT2D eigenvalue weighted by molar-refractivity contribution is -0.142. The maximum absolute atomic E-state index is 14.0. The third-order valence-electron chi connectivity index (χ3n) is 6.36. The van der Waals surface area contributed by atoms with Crippen molar-refractivity contribution in [2.24, 2.45) is 0 Å². The van der Waals surface area contributed by atoms with E-state index in [1.54, 1.807) is 49.4 Å². The van der Waals surface area contributed by atoms with Crippen LogP contribution in [0.1, 0.15) is 56.5 Å². The largest absolute Gasteiger partial charge is 0.493 e. The second-order valence-electron chi connectivity index (χ2n) is 10.8. The third-order valence-corrected chi connectivity index (χ3v) is 6.36. The molecule has 224 valence electrons. The zero-order valence-electron chi connectivity index (χ0n) is 24.6. The van der Waals surface area contributed by atoms with Crippen molar-refractivity contribution in [3.8, 4) is 23.0 Å². The van der Waals surface area contributed by atoms with Crippen LogP contribution in [-0.4, -0.2) is 54.3 Å². The van der Waals surface area contributed by atoms with E-state index in [2.05, 4.69) is 15.8 Å². The van der Waals surface area contributed by atoms with E-state index in [9.17, 15) is 14.4 Å². The van der Waals surface area contributed by atoms with E-state index < -0.39 is 29.3 Å². The summed E-state index contributed by atoms with van der Waals surface area (Å²) in [4.78, 5) is 42.1. The van der Waals surface area contributed by atoms with Gasteiger partial charge in [0, 0.05) is 36.6 Å². The minimum absolute atomic E-state index is 0.0299. The molecule has 0 spiro atoms. The standard InChI is InChI=1S/C30H36N4O8/c1-18-14-24(33-42-18)31-25(35)12-13-26(36)34(16-19-10-11-21-23(15-19)41-17-40-21)27(29(37)32-30(2,3)4)20-8-7-9-22(38-5)28(20)39-6/h7-11,14-15,27H,12-13,16-17H2,1-6H3,(H,32,37)(H,31,33,35)/t27-/m1/s1. The molecule has 4 rings (SSSR count). The molecule has 1 aliphatic heterocycles. The average molecular weight is 581 g/mol. The summed E-state index contributed by atoms with van der Waals surface area (Å²) >= 11 is 0. The molecule has 0 radical (unpaired) electrons. The number of methoxy groups -OCH3 is 2. The van der Waals surface area contributed by atoms with E-state index in [1.165, 1.54) is 19.1 Å². The first-order valence-corrected chi connectivity index (χ1v) is 13.4. The maximum Gasteiger partial charge on any atom is 0.248 e. The van der Waals surface area contributed by atoms with Crippen LogP contribution in [-0.2, 0) is 20.9 Å². The summed E-state index contributed by atoms with van der Waals surface area (Å²) in [7, 11) is 2.97. The Hall–Kier alpha value is -4.74. The maximum atomic E-state index is 14.0. The zero-order valence-corrected chi connectivity index (χ0v) is 24.6. The summed E-state index contributed by atoms with van der Waals surface area (Å²) in [5.74, 6) is 1.36. The highest BCUT2D eigenvalue weighted by Gasteiger charge is 2.36. The molecule has 42 heavy (non-hydrogen) atoms. The summed E-state index contributed by atoms with van der Waals surface area (Å²) in [6.07, 6.45) is -0.329. The zero-order chi connectivity index (χ0) is 30.4. The highest BCUT2D eigenvalue weighted by atomic mass is 16.7. The Morgan fingerprint density at radius 2 is 1.79 bits per heavy atom. The molecule has 1 atom stereocenters. The number of hydrogen-bond donors (Lipinski definition) is 2. The van der Waals surface area contributed by atoms with Gasteiger partial charge < -0.3 is 39.0 Å². The second kappa shape index (κ2) is 12.8. The number of benzene rings is 2. The van der Waals surface area contributed by atoms with Crippen LogP contribution in [0.2, 0.25) is 0 Å².